The van der Waals surface area contributed by atoms with Gasteiger partial charge in [0.25, 0.3) is 0 Å². The van der Waals surface area contributed by atoms with E-state index < -0.39 is 0 Å². The van der Waals surface area contributed by atoms with Crippen molar-refractivity contribution in [1.82, 2.24) is 0 Å². The van der Waals surface area contributed by atoms with Crippen molar-refractivity contribution in [3.8, 4) is 0 Å². The molecule has 0 aromatic heterocycles. The molecule has 0 atom stereocenters. The van der Waals surface area contributed by atoms with Gasteiger partial charge >= 0.3 is 0 Å². The Labute approximate surface area is 209 Å². The van der Waals surface area contributed by atoms with E-state index in [1.165, 1.54) is 27.8 Å². The predicted octanol–water partition coefficient (Wildman–Crippen LogP) is 9.17. The molecular weight excluding hydrogens is 524 g/mol. The van der Waals surface area contributed by atoms with Gasteiger partial charge in [0.1, 0.15) is 0 Å². The average Bonchev–Trinajstić information content (AvgIpc) is 2.76. The Morgan fingerprint density at radius 2 is 1.34 bits per heavy atom. The van der Waals surface area contributed by atoms with Crippen LogP contribution in [-0.4, -0.2) is 5.78 Å². The second-order valence-corrected chi connectivity index (χ2v) is 11.1. The van der Waals surface area contributed by atoms with E-state index in [9.17, 15) is 4.79 Å². The fourth-order valence-electron chi connectivity index (χ4n) is 3.83. The summed E-state index contributed by atoms with van der Waals surface area (Å²) in [5, 5.41) is 0. The first-order valence-corrected chi connectivity index (χ1v) is 12.4. The molecule has 32 heavy (non-hydrogen) atoms. The standard InChI is InChI=1S/C29H30Br2O/c1-17-18(2)20(4)27(31)24(19(17)3)16-25(28(32)23-10-8-9-11-26(23)30)21-12-14-22(15-13-21)29(5,6)7/h8-16H,1-7H3/b25-16+. The molecule has 166 valence electrons. The van der Waals surface area contributed by atoms with Crippen LogP contribution in [0.25, 0.3) is 11.6 Å². The Morgan fingerprint density at radius 3 is 1.91 bits per heavy atom. The van der Waals surface area contributed by atoms with Crippen LogP contribution < -0.4 is 0 Å². The molecule has 0 bridgehead atoms. The van der Waals surface area contributed by atoms with Crippen LogP contribution in [-0.2, 0) is 5.41 Å². The molecule has 0 fully saturated rings. The molecule has 0 aliphatic rings. The quantitative estimate of drug-likeness (QED) is 0.179. The van der Waals surface area contributed by atoms with E-state index in [1.54, 1.807) is 0 Å². The molecule has 0 N–H and O–H groups in total. The summed E-state index contributed by atoms with van der Waals surface area (Å²) in [4.78, 5) is 13.8. The Hall–Kier alpha value is -1.97. The van der Waals surface area contributed by atoms with Crippen LogP contribution in [0.5, 0.6) is 0 Å². The van der Waals surface area contributed by atoms with Crippen LogP contribution in [0.2, 0.25) is 0 Å². The van der Waals surface area contributed by atoms with E-state index in [0.717, 1.165) is 20.1 Å². The molecular formula is C29H30Br2O. The third kappa shape index (κ3) is 4.84. The number of hydrogen-bond acceptors (Lipinski definition) is 1. The maximum atomic E-state index is 13.8. The second kappa shape index (κ2) is 9.49. The van der Waals surface area contributed by atoms with E-state index >= 15 is 0 Å². The number of ketones is 1. The lowest BCUT2D eigenvalue weighted by molar-refractivity contribution is 0.105. The van der Waals surface area contributed by atoms with Crippen molar-refractivity contribution < 1.29 is 4.79 Å². The molecule has 0 saturated heterocycles. The summed E-state index contributed by atoms with van der Waals surface area (Å²) in [5.41, 5.74) is 9.54. The highest BCUT2D eigenvalue weighted by Gasteiger charge is 2.21. The molecule has 0 radical (unpaired) electrons. The molecule has 0 aliphatic carbocycles. The zero-order chi connectivity index (χ0) is 23.8. The van der Waals surface area contributed by atoms with Gasteiger partial charge < -0.3 is 0 Å². The van der Waals surface area contributed by atoms with E-state index in [0.29, 0.717) is 11.1 Å². The van der Waals surface area contributed by atoms with Gasteiger partial charge in [0.15, 0.2) is 5.78 Å². The summed E-state index contributed by atoms with van der Waals surface area (Å²) in [6.45, 7) is 15.1. The van der Waals surface area contributed by atoms with E-state index in [1.807, 2.05) is 30.3 Å². The largest absolute Gasteiger partial charge is 0.289 e. The first-order valence-electron chi connectivity index (χ1n) is 10.8. The summed E-state index contributed by atoms with van der Waals surface area (Å²) in [7, 11) is 0. The molecule has 0 spiro atoms. The molecule has 0 saturated carbocycles. The van der Waals surface area contributed by atoms with E-state index in [2.05, 4.69) is 105 Å². The molecule has 3 heteroatoms. The van der Waals surface area contributed by atoms with Gasteiger partial charge in [0.05, 0.1) is 0 Å². The summed E-state index contributed by atoms with van der Waals surface area (Å²) < 4.78 is 1.84. The van der Waals surface area contributed by atoms with Crippen molar-refractivity contribution >= 4 is 49.3 Å². The van der Waals surface area contributed by atoms with E-state index in [-0.39, 0.29) is 11.2 Å². The van der Waals surface area contributed by atoms with Crippen LogP contribution in [0.1, 0.15) is 70.1 Å². The molecule has 0 unspecified atom stereocenters. The van der Waals surface area contributed by atoms with Crippen LogP contribution in [0.4, 0.5) is 0 Å². The van der Waals surface area contributed by atoms with Crippen molar-refractivity contribution in [1.29, 1.82) is 0 Å². The Balaban J connectivity index is 2.27. The number of rotatable bonds is 4. The summed E-state index contributed by atoms with van der Waals surface area (Å²) >= 11 is 7.37. The van der Waals surface area contributed by atoms with Crippen LogP contribution >= 0.6 is 31.9 Å². The average molecular weight is 554 g/mol. The molecule has 1 nitrogen and oxygen atoms in total. The van der Waals surface area contributed by atoms with Crippen molar-refractivity contribution in [2.75, 3.05) is 0 Å². The third-order valence-electron chi connectivity index (χ3n) is 6.37. The number of hydrogen-bond donors (Lipinski definition) is 0. The summed E-state index contributed by atoms with van der Waals surface area (Å²) in [6.07, 6.45) is 2.05. The zero-order valence-electron chi connectivity index (χ0n) is 19.9. The first-order chi connectivity index (χ1) is 14.9. The lowest BCUT2D eigenvalue weighted by Gasteiger charge is -2.20. The maximum Gasteiger partial charge on any atom is 0.194 e. The normalized spacial score (nSPS) is 12.2. The fraction of sp³-hybridized carbons (Fsp3) is 0.276. The highest BCUT2D eigenvalue weighted by atomic mass is 79.9. The number of carbonyl (C=O) groups excluding carboxylic acids is 1. The van der Waals surface area contributed by atoms with Crippen LogP contribution in [0.3, 0.4) is 0 Å². The molecule has 3 rings (SSSR count). The fourth-order valence-corrected chi connectivity index (χ4v) is 5.01. The molecule has 0 aliphatic heterocycles. The number of Topliss-reactive ketones (excluding diaryl/α,β-unsaturated/α-hetero) is 1. The smallest absolute Gasteiger partial charge is 0.194 e. The summed E-state index contributed by atoms with van der Waals surface area (Å²) in [5.74, 6) is 0.00293. The Kier molecular flexibility index (Phi) is 7.31. The number of carbonyl (C=O) groups is 1. The van der Waals surface area contributed by atoms with Crippen molar-refractivity contribution in [3.63, 3.8) is 0 Å². The zero-order valence-corrected chi connectivity index (χ0v) is 23.0. The molecule has 3 aromatic carbocycles. The lowest BCUT2D eigenvalue weighted by Crippen LogP contribution is -2.11. The summed E-state index contributed by atoms with van der Waals surface area (Å²) in [6, 6.07) is 16.0. The van der Waals surface area contributed by atoms with Gasteiger partial charge in [-0.25, -0.2) is 0 Å². The third-order valence-corrected chi connectivity index (χ3v) is 8.08. The van der Waals surface area contributed by atoms with Gasteiger partial charge in [-0.05, 0) is 106 Å². The first kappa shape index (κ1) is 24.7. The maximum absolute atomic E-state index is 13.8. The van der Waals surface area contributed by atoms with Gasteiger partial charge in [0, 0.05) is 20.1 Å². The minimum absolute atomic E-state index is 0.00293. The highest BCUT2D eigenvalue weighted by Crippen LogP contribution is 2.35. The molecule has 0 amide bonds. The Bertz CT molecular complexity index is 1180. The predicted molar refractivity (Wildman–Crippen MR) is 145 cm³/mol. The molecule has 0 heterocycles. The van der Waals surface area contributed by atoms with Crippen molar-refractivity contribution in [2.45, 2.75) is 53.9 Å². The van der Waals surface area contributed by atoms with Crippen molar-refractivity contribution in [3.05, 3.63) is 102 Å². The monoisotopic (exact) mass is 552 g/mol. The van der Waals surface area contributed by atoms with E-state index in [4.69, 9.17) is 0 Å². The molecule has 3 aromatic rings. The SMILES string of the molecule is Cc1c(C)c(C)c(/C=C(/C(=O)c2ccccc2Br)c2ccc(C(C)(C)C)cc2)c(Br)c1C. The second-order valence-electron chi connectivity index (χ2n) is 9.42. The van der Waals surface area contributed by atoms with Gasteiger partial charge in [-0.15, -0.1) is 0 Å². The van der Waals surface area contributed by atoms with Crippen molar-refractivity contribution in [2.24, 2.45) is 0 Å². The highest BCUT2D eigenvalue weighted by molar-refractivity contribution is 9.10. The van der Waals surface area contributed by atoms with Gasteiger partial charge in [0.2, 0.25) is 0 Å². The minimum atomic E-state index is 0.00293. The van der Waals surface area contributed by atoms with Gasteiger partial charge in [-0.1, -0.05) is 73.1 Å². The topological polar surface area (TPSA) is 17.1 Å². The minimum Gasteiger partial charge on any atom is -0.289 e. The number of allylic oxidation sites excluding steroid dienone is 1. The van der Waals surface area contributed by atoms with Crippen LogP contribution in [0, 0.1) is 27.7 Å². The Morgan fingerprint density at radius 1 is 0.781 bits per heavy atom. The van der Waals surface area contributed by atoms with Crippen LogP contribution in [0.15, 0.2) is 57.5 Å². The lowest BCUT2D eigenvalue weighted by atomic mass is 9.85. The van der Waals surface area contributed by atoms with Gasteiger partial charge in [-0.3, -0.25) is 4.79 Å². The number of halogens is 2. The van der Waals surface area contributed by atoms with Gasteiger partial charge in [-0.2, -0.15) is 0 Å². The number of benzene rings is 3.